The standard InChI is InChI=1S/C29H32N2O6/c1-6-15-31-26(18-16-23(35-3)27(37-5)24(17-18)36-4)25(21-9-7-8-10-22(21)29(31)33)28(32)30-19-11-13-20(34-2)14-12-19/h7-14,16-17,25-26H,6,15H2,1-5H3,(H,30,32)/t25-,26-/m0/s1. The second kappa shape index (κ2) is 11.2. The van der Waals surface area contributed by atoms with Crippen molar-refractivity contribution in [1.29, 1.82) is 0 Å². The maximum Gasteiger partial charge on any atom is 0.254 e. The molecule has 0 spiro atoms. The first-order chi connectivity index (χ1) is 18.0. The Kier molecular flexibility index (Phi) is 7.86. The number of anilines is 1. The molecule has 1 aliphatic rings. The summed E-state index contributed by atoms with van der Waals surface area (Å²) >= 11 is 0. The quantitative estimate of drug-likeness (QED) is 0.439. The average Bonchev–Trinajstić information content (AvgIpc) is 2.93. The van der Waals surface area contributed by atoms with Crippen molar-refractivity contribution in [2.45, 2.75) is 25.3 Å². The van der Waals surface area contributed by atoms with Crippen molar-refractivity contribution in [3.8, 4) is 23.0 Å². The van der Waals surface area contributed by atoms with Crippen LogP contribution in [-0.2, 0) is 4.79 Å². The molecule has 0 saturated carbocycles. The Morgan fingerprint density at radius 3 is 2.11 bits per heavy atom. The molecule has 2 amide bonds. The number of ether oxygens (including phenoxy) is 4. The number of methoxy groups -OCH3 is 4. The van der Waals surface area contributed by atoms with Crippen LogP contribution in [0, 0.1) is 0 Å². The number of carbonyl (C=O) groups is 2. The molecular weight excluding hydrogens is 472 g/mol. The minimum Gasteiger partial charge on any atom is -0.497 e. The van der Waals surface area contributed by atoms with E-state index in [1.54, 1.807) is 56.6 Å². The zero-order valence-corrected chi connectivity index (χ0v) is 21.7. The summed E-state index contributed by atoms with van der Waals surface area (Å²) in [6.07, 6.45) is 0.724. The van der Waals surface area contributed by atoms with Gasteiger partial charge in [0.05, 0.1) is 40.4 Å². The fourth-order valence-electron chi connectivity index (χ4n) is 4.90. The Labute approximate surface area is 217 Å². The van der Waals surface area contributed by atoms with Crippen LogP contribution in [0.3, 0.4) is 0 Å². The fourth-order valence-corrected chi connectivity index (χ4v) is 4.90. The second-order valence-corrected chi connectivity index (χ2v) is 8.68. The number of nitrogens with zero attached hydrogens (tertiary/aromatic N) is 1. The molecule has 0 aliphatic carbocycles. The summed E-state index contributed by atoms with van der Waals surface area (Å²) in [6, 6.07) is 17.5. The summed E-state index contributed by atoms with van der Waals surface area (Å²) in [5, 5.41) is 3.04. The van der Waals surface area contributed by atoms with Crippen LogP contribution in [0.2, 0.25) is 0 Å². The molecule has 4 rings (SSSR count). The molecule has 3 aromatic rings. The number of hydrogen-bond acceptors (Lipinski definition) is 6. The van der Waals surface area contributed by atoms with Gasteiger partial charge in [-0.25, -0.2) is 0 Å². The van der Waals surface area contributed by atoms with Crippen LogP contribution >= 0.6 is 0 Å². The van der Waals surface area contributed by atoms with E-state index in [1.165, 1.54) is 7.11 Å². The lowest BCUT2D eigenvalue weighted by atomic mass is 9.78. The molecular formula is C29H32N2O6. The van der Waals surface area contributed by atoms with Crippen LogP contribution in [-0.4, -0.2) is 51.7 Å². The molecule has 0 bridgehead atoms. The molecule has 0 aromatic heterocycles. The maximum atomic E-state index is 14.0. The highest BCUT2D eigenvalue weighted by Gasteiger charge is 2.44. The fraction of sp³-hybridized carbons (Fsp3) is 0.310. The largest absolute Gasteiger partial charge is 0.497 e. The highest BCUT2D eigenvalue weighted by molar-refractivity contribution is 6.04. The van der Waals surface area contributed by atoms with E-state index in [2.05, 4.69) is 5.32 Å². The predicted octanol–water partition coefficient (Wildman–Crippen LogP) is 5.05. The van der Waals surface area contributed by atoms with E-state index in [9.17, 15) is 9.59 Å². The van der Waals surface area contributed by atoms with Gasteiger partial charge in [-0.15, -0.1) is 0 Å². The first-order valence-electron chi connectivity index (χ1n) is 12.1. The number of carbonyl (C=O) groups excluding carboxylic acids is 2. The van der Waals surface area contributed by atoms with Crippen LogP contribution in [0.5, 0.6) is 23.0 Å². The topological polar surface area (TPSA) is 86.3 Å². The Bertz CT molecular complexity index is 1250. The van der Waals surface area contributed by atoms with Gasteiger partial charge in [0.15, 0.2) is 11.5 Å². The van der Waals surface area contributed by atoms with E-state index in [1.807, 2.05) is 37.3 Å². The van der Waals surface area contributed by atoms with E-state index in [4.69, 9.17) is 18.9 Å². The molecule has 2 atom stereocenters. The molecule has 0 saturated heterocycles. The lowest BCUT2D eigenvalue weighted by molar-refractivity contribution is -0.119. The monoisotopic (exact) mass is 504 g/mol. The molecule has 37 heavy (non-hydrogen) atoms. The minimum absolute atomic E-state index is 0.121. The van der Waals surface area contributed by atoms with E-state index < -0.39 is 12.0 Å². The lowest BCUT2D eigenvalue weighted by Crippen LogP contribution is -2.46. The molecule has 194 valence electrons. The molecule has 1 N–H and O–H groups in total. The molecule has 0 fully saturated rings. The van der Waals surface area contributed by atoms with Crippen molar-refractivity contribution in [2.75, 3.05) is 40.3 Å². The minimum atomic E-state index is -0.689. The third-order valence-electron chi connectivity index (χ3n) is 6.57. The summed E-state index contributed by atoms with van der Waals surface area (Å²) in [6.45, 7) is 2.48. The van der Waals surface area contributed by atoms with E-state index in [0.29, 0.717) is 51.9 Å². The highest BCUT2D eigenvalue weighted by Crippen LogP contribution is 2.47. The van der Waals surface area contributed by atoms with Crippen molar-refractivity contribution in [1.82, 2.24) is 4.90 Å². The summed E-state index contributed by atoms with van der Waals surface area (Å²) in [5.74, 6) is 0.997. The number of hydrogen-bond donors (Lipinski definition) is 1. The molecule has 8 heteroatoms. The molecule has 3 aromatic carbocycles. The van der Waals surface area contributed by atoms with E-state index >= 15 is 0 Å². The van der Waals surface area contributed by atoms with Gasteiger partial charge < -0.3 is 29.2 Å². The number of amides is 2. The first kappa shape index (κ1) is 25.9. The maximum absolute atomic E-state index is 14.0. The Morgan fingerprint density at radius 1 is 0.892 bits per heavy atom. The van der Waals surface area contributed by atoms with Crippen molar-refractivity contribution in [3.05, 3.63) is 77.4 Å². The number of nitrogens with one attached hydrogen (secondary N) is 1. The van der Waals surface area contributed by atoms with Gasteiger partial charge >= 0.3 is 0 Å². The number of fused-ring (bicyclic) bond motifs is 1. The lowest BCUT2D eigenvalue weighted by Gasteiger charge is -2.42. The van der Waals surface area contributed by atoms with Crippen LogP contribution in [0.25, 0.3) is 0 Å². The van der Waals surface area contributed by atoms with Crippen molar-refractivity contribution < 1.29 is 28.5 Å². The number of benzene rings is 3. The summed E-state index contributed by atoms with van der Waals surface area (Å²) < 4.78 is 21.9. The van der Waals surface area contributed by atoms with Gasteiger partial charge in [-0.3, -0.25) is 9.59 Å². The molecule has 1 aliphatic heterocycles. The molecule has 0 unspecified atom stereocenters. The third-order valence-corrected chi connectivity index (χ3v) is 6.57. The summed E-state index contributed by atoms with van der Waals surface area (Å²) in [7, 11) is 6.21. The Morgan fingerprint density at radius 2 is 1.54 bits per heavy atom. The van der Waals surface area contributed by atoms with Gasteiger partial charge in [-0.1, -0.05) is 25.1 Å². The van der Waals surface area contributed by atoms with Gasteiger partial charge in [0.25, 0.3) is 5.91 Å². The summed E-state index contributed by atoms with van der Waals surface area (Å²) in [5.41, 5.74) is 2.53. The van der Waals surface area contributed by atoms with Gasteiger partial charge in [0, 0.05) is 17.8 Å². The smallest absolute Gasteiger partial charge is 0.254 e. The predicted molar refractivity (Wildman–Crippen MR) is 141 cm³/mol. The second-order valence-electron chi connectivity index (χ2n) is 8.68. The third kappa shape index (κ3) is 4.91. The van der Waals surface area contributed by atoms with Crippen LogP contribution in [0.4, 0.5) is 5.69 Å². The van der Waals surface area contributed by atoms with Gasteiger partial charge in [0.1, 0.15) is 5.75 Å². The van der Waals surface area contributed by atoms with E-state index in [0.717, 1.165) is 6.42 Å². The van der Waals surface area contributed by atoms with E-state index in [-0.39, 0.29) is 11.8 Å². The number of rotatable bonds is 9. The zero-order valence-electron chi connectivity index (χ0n) is 21.7. The zero-order chi connectivity index (χ0) is 26.5. The molecule has 8 nitrogen and oxygen atoms in total. The molecule has 0 radical (unpaired) electrons. The van der Waals surface area contributed by atoms with Crippen LogP contribution < -0.4 is 24.3 Å². The first-order valence-corrected chi connectivity index (χ1v) is 12.1. The van der Waals surface area contributed by atoms with Gasteiger partial charge in [-0.2, -0.15) is 0 Å². The normalized spacial score (nSPS) is 16.6. The van der Waals surface area contributed by atoms with Crippen molar-refractivity contribution in [2.24, 2.45) is 0 Å². The average molecular weight is 505 g/mol. The summed E-state index contributed by atoms with van der Waals surface area (Å²) in [4.78, 5) is 29.5. The Balaban J connectivity index is 1.88. The van der Waals surface area contributed by atoms with Crippen LogP contribution in [0.15, 0.2) is 60.7 Å². The highest BCUT2D eigenvalue weighted by atomic mass is 16.5. The van der Waals surface area contributed by atoms with Gasteiger partial charge in [0.2, 0.25) is 11.7 Å². The molecule has 1 heterocycles. The van der Waals surface area contributed by atoms with Gasteiger partial charge in [-0.05, 0) is 60.0 Å². The SMILES string of the molecule is CCCN1C(=O)c2ccccc2[C@H](C(=O)Nc2ccc(OC)cc2)[C@@H]1c1cc(OC)c(OC)c(OC)c1. The Hall–Kier alpha value is -4.20. The van der Waals surface area contributed by atoms with Crippen molar-refractivity contribution >= 4 is 17.5 Å². The van der Waals surface area contributed by atoms with Crippen LogP contribution in [0.1, 0.15) is 46.8 Å². The van der Waals surface area contributed by atoms with Crippen molar-refractivity contribution in [3.63, 3.8) is 0 Å².